The fourth-order valence-corrected chi connectivity index (χ4v) is 3.73. The predicted molar refractivity (Wildman–Crippen MR) is 84.1 cm³/mol. The van der Waals surface area contributed by atoms with E-state index in [2.05, 4.69) is 33.4 Å². The number of rotatable bonds is 1. The van der Waals surface area contributed by atoms with Crippen molar-refractivity contribution in [2.75, 3.05) is 5.73 Å². The van der Waals surface area contributed by atoms with Crippen LogP contribution in [0.4, 0.5) is 5.69 Å². The van der Waals surface area contributed by atoms with Gasteiger partial charge in [0.25, 0.3) is 0 Å². The quantitative estimate of drug-likeness (QED) is 0.653. The lowest BCUT2D eigenvalue weighted by molar-refractivity contribution is 1.48. The number of nitrogens with zero attached hydrogens (tertiary/aromatic N) is 1. The number of fused-ring (bicyclic) bond motifs is 1. The van der Waals surface area contributed by atoms with Crippen molar-refractivity contribution in [1.29, 1.82) is 5.26 Å². The molecular formula is C15H9BrN2S. The van der Waals surface area contributed by atoms with E-state index in [1.54, 1.807) is 23.5 Å². The van der Waals surface area contributed by atoms with Gasteiger partial charge in [0.05, 0.1) is 11.6 Å². The molecule has 0 bridgehead atoms. The molecule has 0 aliphatic heterocycles. The molecule has 2 aromatic carbocycles. The topological polar surface area (TPSA) is 49.8 Å². The van der Waals surface area contributed by atoms with E-state index in [0.29, 0.717) is 11.3 Å². The number of nitrogen functional groups attached to an aromatic ring is 1. The van der Waals surface area contributed by atoms with Crippen molar-refractivity contribution in [3.8, 4) is 17.2 Å². The second-order valence-electron chi connectivity index (χ2n) is 4.18. The van der Waals surface area contributed by atoms with Crippen LogP contribution < -0.4 is 5.73 Å². The van der Waals surface area contributed by atoms with Crippen LogP contribution in [-0.2, 0) is 0 Å². The molecule has 0 aliphatic rings. The lowest BCUT2D eigenvalue weighted by atomic mass is 10.0. The average molecular weight is 329 g/mol. The molecule has 1 aromatic heterocycles. The molecular weight excluding hydrogens is 320 g/mol. The molecule has 0 radical (unpaired) electrons. The monoisotopic (exact) mass is 328 g/mol. The molecule has 3 aromatic rings. The molecule has 4 heteroatoms. The van der Waals surface area contributed by atoms with Crippen LogP contribution in [0, 0.1) is 11.3 Å². The maximum absolute atomic E-state index is 8.88. The van der Waals surface area contributed by atoms with Crippen molar-refractivity contribution in [3.05, 3.63) is 51.8 Å². The van der Waals surface area contributed by atoms with Crippen LogP contribution in [0.2, 0.25) is 0 Å². The second kappa shape index (κ2) is 4.69. The Balaban J connectivity index is 2.26. The van der Waals surface area contributed by atoms with Gasteiger partial charge in [0.15, 0.2) is 0 Å². The number of hydrogen-bond donors (Lipinski definition) is 1. The molecule has 0 saturated heterocycles. The van der Waals surface area contributed by atoms with Gasteiger partial charge in [0.2, 0.25) is 0 Å². The number of hydrogen-bond acceptors (Lipinski definition) is 3. The molecule has 19 heavy (non-hydrogen) atoms. The van der Waals surface area contributed by atoms with Crippen LogP contribution in [0.5, 0.6) is 0 Å². The smallest absolute Gasteiger partial charge is 0.0992 e. The number of anilines is 1. The first-order valence-corrected chi connectivity index (χ1v) is 7.33. The Labute approximate surface area is 123 Å². The summed E-state index contributed by atoms with van der Waals surface area (Å²) in [5.41, 5.74) is 9.37. The minimum absolute atomic E-state index is 0.585. The van der Waals surface area contributed by atoms with Gasteiger partial charge in [-0.05, 0) is 39.5 Å². The molecule has 0 saturated carbocycles. The summed E-state index contributed by atoms with van der Waals surface area (Å²) in [6.07, 6.45) is 0. The van der Waals surface area contributed by atoms with Crippen molar-refractivity contribution in [2.45, 2.75) is 0 Å². The van der Waals surface area contributed by atoms with E-state index in [9.17, 15) is 0 Å². The lowest BCUT2D eigenvalue weighted by Crippen LogP contribution is -1.90. The summed E-state index contributed by atoms with van der Waals surface area (Å²) in [6, 6.07) is 13.7. The highest BCUT2D eigenvalue weighted by molar-refractivity contribution is 9.10. The third-order valence-corrected chi connectivity index (χ3v) is 4.97. The normalized spacial score (nSPS) is 10.5. The highest BCUT2D eigenvalue weighted by atomic mass is 79.9. The van der Waals surface area contributed by atoms with Gasteiger partial charge in [0.1, 0.15) is 0 Å². The molecule has 2 N–H and O–H groups in total. The van der Waals surface area contributed by atoms with Gasteiger partial charge in [-0.15, -0.1) is 11.3 Å². The van der Waals surface area contributed by atoms with Crippen molar-refractivity contribution in [1.82, 2.24) is 0 Å². The molecule has 92 valence electrons. The zero-order valence-corrected chi connectivity index (χ0v) is 12.3. The number of thiophene rings is 1. The molecule has 0 amide bonds. The molecule has 1 heterocycles. The van der Waals surface area contributed by atoms with Gasteiger partial charge in [-0.3, -0.25) is 0 Å². The summed E-state index contributed by atoms with van der Waals surface area (Å²) in [4.78, 5) is 0. The second-order valence-corrected chi connectivity index (χ2v) is 5.91. The van der Waals surface area contributed by atoms with E-state index in [0.717, 1.165) is 15.6 Å². The van der Waals surface area contributed by atoms with Gasteiger partial charge in [-0.1, -0.05) is 18.2 Å². The summed E-state index contributed by atoms with van der Waals surface area (Å²) >= 11 is 5.25. The highest BCUT2D eigenvalue weighted by Gasteiger charge is 2.11. The summed E-state index contributed by atoms with van der Waals surface area (Å²) in [5, 5.41) is 12.2. The van der Waals surface area contributed by atoms with Gasteiger partial charge in [-0.2, -0.15) is 5.26 Å². The first-order valence-electron chi connectivity index (χ1n) is 5.66. The molecule has 0 atom stereocenters. The van der Waals surface area contributed by atoms with E-state index in [1.807, 2.05) is 18.2 Å². The van der Waals surface area contributed by atoms with Crippen LogP contribution in [0.1, 0.15) is 5.56 Å². The first kappa shape index (κ1) is 12.2. The Hall–Kier alpha value is -1.83. The van der Waals surface area contributed by atoms with Crippen LogP contribution in [0.15, 0.2) is 46.3 Å². The zero-order chi connectivity index (χ0) is 13.4. The lowest BCUT2D eigenvalue weighted by Gasteiger charge is -2.05. The molecule has 0 spiro atoms. The standard InChI is InChI=1S/C15H9BrN2S/c16-13-3-1-2-11-12(8-19-15(11)13)10-5-4-9(7-17)6-14(10)18/h1-6,8H,18H2. The molecule has 0 fully saturated rings. The molecule has 2 nitrogen and oxygen atoms in total. The maximum atomic E-state index is 8.88. The molecule has 0 aliphatic carbocycles. The van der Waals surface area contributed by atoms with Crippen molar-refractivity contribution in [2.24, 2.45) is 0 Å². The summed E-state index contributed by atoms with van der Waals surface area (Å²) in [6.45, 7) is 0. The number of nitrogens with two attached hydrogens (primary N) is 1. The van der Waals surface area contributed by atoms with Gasteiger partial charge in [-0.25, -0.2) is 0 Å². The predicted octanol–water partition coefficient (Wildman–Crippen LogP) is 4.78. The Kier molecular flexibility index (Phi) is 3.02. The van der Waals surface area contributed by atoms with Crippen molar-refractivity contribution >= 4 is 43.0 Å². The Morgan fingerprint density at radius 1 is 1.16 bits per heavy atom. The fourth-order valence-electron chi connectivity index (χ4n) is 2.11. The van der Waals surface area contributed by atoms with Crippen LogP contribution in [-0.4, -0.2) is 0 Å². The summed E-state index contributed by atoms with van der Waals surface area (Å²) in [5.74, 6) is 0. The molecule has 0 unspecified atom stereocenters. The minimum atomic E-state index is 0.585. The largest absolute Gasteiger partial charge is 0.398 e. The van der Waals surface area contributed by atoms with Crippen molar-refractivity contribution in [3.63, 3.8) is 0 Å². The van der Waals surface area contributed by atoms with E-state index in [-0.39, 0.29) is 0 Å². The maximum Gasteiger partial charge on any atom is 0.0992 e. The molecule has 3 rings (SSSR count). The average Bonchev–Trinajstić information content (AvgIpc) is 2.84. The SMILES string of the molecule is N#Cc1ccc(-c2csc3c(Br)cccc23)c(N)c1. The van der Waals surface area contributed by atoms with Gasteiger partial charge < -0.3 is 5.73 Å². The zero-order valence-electron chi connectivity index (χ0n) is 9.85. The van der Waals surface area contributed by atoms with Gasteiger partial charge in [0, 0.05) is 31.4 Å². The first-order chi connectivity index (χ1) is 9.20. The van der Waals surface area contributed by atoms with E-state index in [4.69, 9.17) is 11.0 Å². The number of nitriles is 1. The van der Waals surface area contributed by atoms with Crippen LogP contribution in [0.25, 0.3) is 21.2 Å². The van der Waals surface area contributed by atoms with E-state index in [1.165, 1.54) is 10.1 Å². The minimum Gasteiger partial charge on any atom is -0.398 e. The van der Waals surface area contributed by atoms with E-state index < -0.39 is 0 Å². The Bertz CT molecular complexity index is 815. The number of halogens is 1. The van der Waals surface area contributed by atoms with Crippen LogP contribution in [0.3, 0.4) is 0 Å². The Morgan fingerprint density at radius 3 is 2.74 bits per heavy atom. The number of benzene rings is 2. The van der Waals surface area contributed by atoms with Gasteiger partial charge >= 0.3 is 0 Å². The fraction of sp³-hybridized carbons (Fsp3) is 0. The third-order valence-electron chi connectivity index (χ3n) is 3.02. The van der Waals surface area contributed by atoms with Crippen LogP contribution >= 0.6 is 27.3 Å². The van der Waals surface area contributed by atoms with Crippen molar-refractivity contribution < 1.29 is 0 Å². The van der Waals surface area contributed by atoms with E-state index >= 15 is 0 Å². The Morgan fingerprint density at radius 2 is 2.00 bits per heavy atom. The highest BCUT2D eigenvalue weighted by Crippen LogP contribution is 2.39. The third kappa shape index (κ3) is 2.01. The summed E-state index contributed by atoms with van der Waals surface area (Å²) in [7, 11) is 0. The summed E-state index contributed by atoms with van der Waals surface area (Å²) < 4.78 is 2.30.